The number of aryl methyl sites for hydroxylation is 1. The molecule has 2 heterocycles. The number of thiophene rings is 1. The van der Waals surface area contributed by atoms with Gasteiger partial charge >= 0.3 is 0 Å². The molecule has 1 fully saturated rings. The maximum atomic E-state index is 10.5. The van der Waals surface area contributed by atoms with E-state index in [9.17, 15) is 5.11 Å². The van der Waals surface area contributed by atoms with Gasteiger partial charge in [-0.05, 0) is 58.8 Å². The third-order valence-electron chi connectivity index (χ3n) is 3.62. The summed E-state index contributed by atoms with van der Waals surface area (Å²) in [6.45, 7) is 8.63. The standard InChI is InChI=1S/C13H21NOS/c1-10-6-7-11(16-10)12(15)13(2,3)14-8-4-5-9-14/h6-7,12,15H,4-5,8-9H2,1-3H3. The van der Waals surface area contributed by atoms with E-state index in [0.717, 1.165) is 18.0 Å². The van der Waals surface area contributed by atoms with Crippen molar-refractivity contribution >= 4 is 11.3 Å². The highest BCUT2D eigenvalue weighted by Gasteiger charge is 2.37. The Hall–Kier alpha value is -0.380. The van der Waals surface area contributed by atoms with Crippen LogP contribution in [0.15, 0.2) is 12.1 Å². The lowest BCUT2D eigenvalue weighted by Gasteiger charge is -2.39. The fraction of sp³-hybridized carbons (Fsp3) is 0.692. The van der Waals surface area contributed by atoms with E-state index < -0.39 is 0 Å². The molecular weight excluding hydrogens is 218 g/mol. The molecular formula is C13H21NOS. The second-order valence-electron chi connectivity index (χ2n) is 5.20. The van der Waals surface area contributed by atoms with E-state index in [0.29, 0.717) is 0 Å². The van der Waals surface area contributed by atoms with Crippen LogP contribution < -0.4 is 0 Å². The summed E-state index contributed by atoms with van der Waals surface area (Å²) in [6, 6.07) is 4.14. The zero-order chi connectivity index (χ0) is 11.8. The zero-order valence-electron chi connectivity index (χ0n) is 10.4. The van der Waals surface area contributed by atoms with Crippen molar-refractivity contribution in [2.24, 2.45) is 0 Å². The molecule has 1 N–H and O–H groups in total. The highest BCUT2D eigenvalue weighted by molar-refractivity contribution is 7.12. The normalized spacial score (nSPS) is 20.2. The lowest BCUT2D eigenvalue weighted by molar-refractivity contribution is 0.00347. The molecule has 0 bridgehead atoms. The van der Waals surface area contributed by atoms with Gasteiger partial charge in [0.15, 0.2) is 0 Å². The van der Waals surface area contributed by atoms with Crippen LogP contribution in [0.4, 0.5) is 0 Å². The van der Waals surface area contributed by atoms with Crippen molar-refractivity contribution in [3.8, 4) is 0 Å². The Kier molecular flexibility index (Phi) is 3.38. The average molecular weight is 239 g/mol. The Morgan fingerprint density at radius 1 is 1.31 bits per heavy atom. The third-order valence-corrected chi connectivity index (χ3v) is 4.67. The first-order valence-corrected chi connectivity index (χ1v) is 6.83. The summed E-state index contributed by atoms with van der Waals surface area (Å²) >= 11 is 1.70. The summed E-state index contributed by atoms with van der Waals surface area (Å²) in [7, 11) is 0. The molecule has 0 saturated carbocycles. The van der Waals surface area contributed by atoms with Gasteiger partial charge in [0.2, 0.25) is 0 Å². The van der Waals surface area contributed by atoms with Crippen LogP contribution in [0.25, 0.3) is 0 Å². The van der Waals surface area contributed by atoms with Crippen molar-refractivity contribution < 1.29 is 5.11 Å². The van der Waals surface area contributed by atoms with Gasteiger partial charge in [0, 0.05) is 15.3 Å². The van der Waals surface area contributed by atoms with Crippen molar-refractivity contribution in [2.75, 3.05) is 13.1 Å². The largest absolute Gasteiger partial charge is 0.386 e. The van der Waals surface area contributed by atoms with Crippen LogP contribution >= 0.6 is 11.3 Å². The van der Waals surface area contributed by atoms with Gasteiger partial charge in [-0.2, -0.15) is 0 Å². The van der Waals surface area contributed by atoms with Crippen LogP contribution in [0, 0.1) is 6.92 Å². The van der Waals surface area contributed by atoms with Gasteiger partial charge in [-0.25, -0.2) is 0 Å². The van der Waals surface area contributed by atoms with Crippen molar-refractivity contribution in [1.29, 1.82) is 0 Å². The van der Waals surface area contributed by atoms with Crippen LogP contribution in [-0.4, -0.2) is 28.6 Å². The summed E-state index contributed by atoms with van der Waals surface area (Å²) in [5.74, 6) is 0. The third kappa shape index (κ3) is 2.17. The predicted octanol–water partition coefficient (Wildman–Crippen LogP) is 2.96. The molecule has 1 aromatic rings. The Labute approximate surface area is 102 Å². The molecule has 2 nitrogen and oxygen atoms in total. The molecule has 16 heavy (non-hydrogen) atoms. The maximum Gasteiger partial charge on any atom is 0.106 e. The van der Waals surface area contributed by atoms with Gasteiger partial charge in [0.25, 0.3) is 0 Å². The first-order valence-electron chi connectivity index (χ1n) is 6.01. The van der Waals surface area contributed by atoms with E-state index in [2.05, 4.69) is 37.8 Å². The summed E-state index contributed by atoms with van der Waals surface area (Å²) in [5, 5.41) is 10.5. The molecule has 0 aliphatic carbocycles. The molecule has 1 saturated heterocycles. The molecule has 1 aliphatic rings. The maximum absolute atomic E-state index is 10.5. The molecule has 1 aliphatic heterocycles. The fourth-order valence-electron chi connectivity index (χ4n) is 2.41. The number of nitrogens with zero attached hydrogens (tertiary/aromatic N) is 1. The Balaban J connectivity index is 2.15. The van der Waals surface area contributed by atoms with E-state index in [1.807, 2.05) is 0 Å². The van der Waals surface area contributed by atoms with Gasteiger partial charge in [0.05, 0.1) is 0 Å². The first kappa shape index (κ1) is 12.1. The van der Waals surface area contributed by atoms with Gasteiger partial charge in [-0.1, -0.05) is 0 Å². The summed E-state index contributed by atoms with van der Waals surface area (Å²) in [5.41, 5.74) is -0.145. The van der Waals surface area contributed by atoms with Crippen molar-refractivity contribution in [3.05, 3.63) is 21.9 Å². The smallest absolute Gasteiger partial charge is 0.106 e. The van der Waals surface area contributed by atoms with Gasteiger partial charge in [-0.15, -0.1) is 11.3 Å². The van der Waals surface area contributed by atoms with Crippen molar-refractivity contribution in [2.45, 2.75) is 45.3 Å². The van der Waals surface area contributed by atoms with Crippen LogP contribution in [-0.2, 0) is 0 Å². The summed E-state index contributed by atoms with van der Waals surface area (Å²) in [4.78, 5) is 4.77. The van der Waals surface area contributed by atoms with Crippen LogP contribution in [0.2, 0.25) is 0 Å². The predicted molar refractivity (Wildman–Crippen MR) is 68.9 cm³/mol. The molecule has 90 valence electrons. The van der Waals surface area contributed by atoms with E-state index in [1.165, 1.54) is 17.7 Å². The number of hydrogen-bond donors (Lipinski definition) is 1. The highest BCUT2D eigenvalue weighted by Crippen LogP contribution is 2.36. The lowest BCUT2D eigenvalue weighted by Crippen LogP contribution is -2.46. The van der Waals surface area contributed by atoms with Crippen molar-refractivity contribution in [1.82, 2.24) is 4.90 Å². The quantitative estimate of drug-likeness (QED) is 0.876. The van der Waals surface area contributed by atoms with Crippen LogP contribution in [0.5, 0.6) is 0 Å². The summed E-state index contributed by atoms with van der Waals surface area (Å²) in [6.07, 6.45) is 2.16. The number of hydrogen-bond acceptors (Lipinski definition) is 3. The molecule has 1 atom stereocenters. The zero-order valence-corrected chi connectivity index (χ0v) is 11.2. The van der Waals surface area contributed by atoms with Gasteiger partial charge in [-0.3, -0.25) is 4.90 Å². The van der Waals surface area contributed by atoms with Gasteiger partial charge in [0.1, 0.15) is 6.10 Å². The Morgan fingerprint density at radius 2 is 1.94 bits per heavy atom. The molecule has 0 radical (unpaired) electrons. The fourth-order valence-corrected chi connectivity index (χ4v) is 3.46. The average Bonchev–Trinajstić information content (AvgIpc) is 2.86. The van der Waals surface area contributed by atoms with E-state index in [4.69, 9.17) is 0 Å². The molecule has 3 heteroatoms. The number of aliphatic hydroxyl groups excluding tert-OH is 1. The van der Waals surface area contributed by atoms with Gasteiger partial charge < -0.3 is 5.11 Å². The monoisotopic (exact) mass is 239 g/mol. The number of likely N-dealkylation sites (tertiary alicyclic amines) is 1. The van der Waals surface area contributed by atoms with E-state index >= 15 is 0 Å². The Bertz CT molecular complexity index is 353. The molecule has 0 aromatic carbocycles. The topological polar surface area (TPSA) is 23.5 Å². The number of rotatable bonds is 3. The second-order valence-corrected chi connectivity index (χ2v) is 6.52. The van der Waals surface area contributed by atoms with E-state index in [-0.39, 0.29) is 11.6 Å². The van der Waals surface area contributed by atoms with E-state index in [1.54, 1.807) is 11.3 Å². The van der Waals surface area contributed by atoms with Crippen molar-refractivity contribution in [3.63, 3.8) is 0 Å². The minimum atomic E-state index is -0.371. The second kappa shape index (κ2) is 4.47. The Morgan fingerprint density at radius 3 is 2.44 bits per heavy atom. The molecule has 0 spiro atoms. The minimum Gasteiger partial charge on any atom is -0.386 e. The highest BCUT2D eigenvalue weighted by atomic mass is 32.1. The molecule has 1 aromatic heterocycles. The molecule has 2 rings (SSSR count). The molecule has 0 amide bonds. The minimum absolute atomic E-state index is 0.145. The first-order chi connectivity index (χ1) is 7.51. The number of aliphatic hydroxyl groups is 1. The summed E-state index contributed by atoms with van der Waals surface area (Å²) < 4.78 is 0. The van der Waals surface area contributed by atoms with Crippen LogP contribution in [0.3, 0.4) is 0 Å². The lowest BCUT2D eigenvalue weighted by atomic mass is 9.94. The molecule has 1 unspecified atom stereocenters. The SMILES string of the molecule is Cc1ccc(C(O)C(C)(C)N2CCCC2)s1. The van der Waals surface area contributed by atoms with Crippen LogP contribution in [0.1, 0.15) is 42.5 Å².